The third kappa shape index (κ3) is 2.89. The minimum Gasteiger partial charge on any atom is -0.508 e. The number of phenolic OH excluding ortho intramolecular Hbond substituents is 1. The fourth-order valence-electron chi connectivity index (χ4n) is 1.91. The van der Waals surface area contributed by atoms with Crippen LogP contribution in [0.2, 0.25) is 0 Å². The van der Waals surface area contributed by atoms with E-state index in [1.54, 1.807) is 12.1 Å². The van der Waals surface area contributed by atoms with E-state index in [-0.39, 0.29) is 11.9 Å². The fourth-order valence-corrected chi connectivity index (χ4v) is 3.20. The molecule has 1 heterocycles. The fraction of sp³-hybridized carbons (Fsp3) is 0.500. The van der Waals surface area contributed by atoms with Crippen LogP contribution in [0.25, 0.3) is 0 Å². The smallest absolute Gasteiger partial charge is 0.115 e. The second kappa shape index (κ2) is 4.90. The average molecular weight is 224 g/mol. The molecule has 1 aliphatic heterocycles. The number of aromatic hydroxyl groups is 1. The van der Waals surface area contributed by atoms with E-state index in [9.17, 15) is 5.11 Å². The van der Waals surface area contributed by atoms with Crippen LogP contribution < -0.4 is 0 Å². The number of hydrogen-bond donors (Lipinski definition) is 2. The van der Waals surface area contributed by atoms with Gasteiger partial charge in [-0.1, -0.05) is 12.1 Å². The minimum absolute atomic E-state index is 0.248. The highest BCUT2D eigenvalue weighted by Crippen LogP contribution is 2.30. The zero-order valence-corrected chi connectivity index (χ0v) is 9.41. The van der Waals surface area contributed by atoms with E-state index in [2.05, 4.69) is 0 Å². The van der Waals surface area contributed by atoms with E-state index in [0.717, 1.165) is 12.0 Å². The van der Waals surface area contributed by atoms with Crippen molar-refractivity contribution in [2.24, 2.45) is 0 Å². The van der Waals surface area contributed by atoms with Gasteiger partial charge in [-0.3, -0.25) is 0 Å². The zero-order valence-electron chi connectivity index (χ0n) is 8.60. The Balaban J connectivity index is 1.92. The SMILES string of the molecule is Oc1ccc(CC(O)C2CCCS2)cc1. The van der Waals surface area contributed by atoms with Gasteiger partial charge in [-0.15, -0.1) is 0 Å². The van der Waals surface area contributed by atoms with Gasteiger partial charge in [-0.2, -0.15) is 11.8 Å². The Labute approximate surface area is 94.3 Å². The first kappa shape index (κ1) is 10.8. The summed E-state index contributed by atoms with van der Waals surface area (Å²) in [5, 5.41) is 19.5. The number of aliphatic hydroxyl groups is 1. The molecular formula is C12H16O2S. The van der Waals surface area contributed by atoms with E-state index in [4.69, 9.17) is 5.11 Å². The zero-order chi connectivity index (χ0) is 10.7. The largest absolute Gasteiger partial charge is 0.508 e. The molecule has 0 amide bonds. The molecule has 82 valence electrons. The first-order valence-electron chi connectivity index (χ1n) is 5.33. The molecule has 2 N–H and O–H groups in total. The third-order valence-corrected chi connectivity index (χ3v) is 4.28. The van der Waals surface area contributed by atoms with Gasteiger partial charge in [0.2, 0.25) is 0 Å². The molecule has 2 unspecified atom stereocenters. The predicted octanol–water partition coefficient (Wildman–Crippen LogP) is 2.19. The molecule has 0 aromatic heterocycles. The van der Waals surface area contributed by atoms with E-state index in [1.807, 2.05) is 23.9 Å². The van der Waals surface area contributed by atoms with Crippen molar-refractivity contribution in [1.29, 1.82) is 0 Å². The van der Waals surface area contributed by atoms with Crippen molar-refractivity contribution in [3.8, 4) is 5.75 Å². The molecule has 2 nitrogen and oxygen atoms in total. The van der Waals surface area contributed by atoms with Crippen LogP contribution in [0.1, 0.15) is 18.4 Å². The van der Waals surface area contributed by atoms with Gasteiger partial charge in [-0.05, 0) is 42.7 Å². The standard InChI is InChI=1S/C12H16O2S/c13-10-5-3-9(4-6-10)8-11(14)12-2-1-7-15-12/h3-6,11-14H,1-2,7-8H2. The number of hydrogen-bond acceptors (Lipinski definition) is 3. The van der Waals surface area contributed by atoms with Crippen LogP contribution in [0.5, 0.6) is 5.75 Å². The van der Waals surface area contributed by atoms with Crippen LogP contribution >= 0.6 is 11.8 Å². The molecule has 1 aromatic rings. The van der Waals surface area contributed by atoms with Crippen LogP contribution in [0.15, 0.2) is 24.3 Å². The maximum Gasteiger partial charge on any atom is 0.115 e. The summed E-state index contributed by atoms with van der Waals surface area (Å²) in [4.78, 5) is 0. The van der Waals surface area contributed by atoms with Crippen LogP contribution in [0.4, 0.5) is 0 Å². The lowest BCUT2D eigenvalue weighted by atomic mass is 10.0. The topological polar surface area (TPSA) is 40.5 Å². The van der Waals surface area contributed by atoms with Gasteiger partial charge in [0.05, 0.1) is 6.10 Å². The van der Waals surface area contributed by atoms with Gasteiger partial charge >= 0.3 is 0 Å². The lowest BCUT2D eigenvalue weighted by Crippen LogP contribution is -2.22. The summed E-state index contributed by atoms with van der Waals surface area (Å²) in [6, 6.07) is 7.09. The van der Waals surface area contributed by atoms with Crippen LogP contribution in [-0.4, -0.2) is 27.3 Å². The molecule has 0 radical (unpaired) electrons. The Morgan fingerprint density at radius 2 is 2.07 bits per heavy atom. The van der Waals surface area contributed by atoms with Crippen molar-refractivity contribution < 1.29 is 10.2 Å². The van der Waals surface area contributed by atoms with Crippen LogP contribution in [-0.2, 0) is 6.42 Å². The summed E-state index contributed by atoms with van der Waals surface area (Å²) >= 11 is 1.87. The van der Waals surface area contributed by atoms with Gasteiger partial charge in [0.25, 0.3) is 0 Å². The molecule has 3 heteroatoms. The predicted molar refractivity (Wildman–Crippen MR) is 63.3 cm³/mol. The Morgan fingerprint density at radius 1 is 1.33 bits per heavy atom. The molecule has 0 saturated carbocycles. The Morgan fingerprint density at radius 3 is 2.67 bits per heavy atom. The summed E-state index contributed by atoms with van der Waals surface area (Å²) in [6.07, 6.45) is 2.80. The van der Waals surface area contributed by atoms with Crippen molar-refractivity contribution in [2.75, 3.05) is 5.75 Å². The lowest BCUT2D eigenvalue weighted by molar-refractivity contribution is 0.170. The Bertz CT molecular complexity index is 304. The normalized spacial score (nSPS) is 22.9. The lowest BCUT2D eigenvalue weighted by Gasteiger charge is -2.16. The quantitative estimate of drug-likeness (QED) is 0.827. The van der Waals surface area contributed by atoms with Gasteiger partial charge in [0, 0.05) is 5.25 Å². The monoisotopic (exact) mass is 224 g/mol. The highest BCUT2D eigenvalue weighted by Gasteiger charge is 2.23. The van der Waals surface area contributed by atoms with Gasteiger partial charge < -0.3 is 10.2 Å². The maximum atomic E-state index is 9.99. The van der Waals surface area contributed by atoms with E-state index < -0.39 is 0 Å². The Kier molecular flexibility index (Phi) is 3.54. The molecule has 0 aliphatic carbocycles. The Hall–Kier alpha value is -0.670. The summed E-state index contributed by atoms with van der Waals surface area (Å²) < 4.78 is 0. The molecule has 2 rings (SSSR count). The van der Waals surface area contributed by atoms with Gasteiger partial charge in [0.1, 0.15) is 5.75 Å². The van der Waals surface area contributed by atoms with Crippen molar-refractivity contribution >= 4 is 11.8 Å². The number of thioether (sulfide) groups is 1. The molecule has 1 aromatic carbocycles. The first-order valence-corrected chi connectivity index (χ1v) is 6.38. The molecule has 15 heavy (non-hydrogen) atoms. The van der Waals surface area contributed by atoms with Crippen molar-refractivity contribution in [2.45, 2.75) is 30.6 Å². The maximum absolute atomic E-state index is 9.99. The minimum atomic E-state index is -0.248. The number of phenols is 1. The van der Waals surface area contributed by atoms with Gasteiger partial charge in [-0.25, -0.2) is 0 Å². The molecule has 1 saturated heterocycles. The summed E-state index contributed by atoms with van der Waals surface area (Å²) in [5.41, 5.74) is 1.09. The van der Waals surface area contributed by atoms with E-state index in [1.165, 1.54) is 12.2 Å². The molecule has 0 spiro atoms. The van der Waals surface area contributed by atoms with Crippen molar-refractivity contribution in [1.82, 2.24) is 0 Å². The van der Waals surface area contributed by atoms with Crippen LogP contribution in [0, 0.1) is 0 Å². The highest BCUT2D eigenvalue weighted by atomic mass is 32.2. The summed E-state index contributed by atoms with van der Waals surface area (Å²) in [6.45, 7) is 0. The molecule has 1 aliphatic rings. The van der Waals surface area contributed by atoms with Crippen LogP contribution in [0.3, 0.4) is 0 Å². The number of rotatable bonds is 3. The second-order valence-corrected chi connectivity index (χ2v) is 5.34. The number of aliphatic hydroxyl groups excluding tert-OH is 1. The average Bonchev–Trinajstić information content (AvgIpc) is 2.74. The van der Waals surface area contributed by atoms with Crippen molar-refractivity contribution in [3.63, 3.8) is 0 Å². The summed E-state index contributed by atoms with van der Waals surface area (Å²) in [5.74, 6) is 1.46. The molecular weight excluding hydrogens is 208 g/mol. The van der Waals surface area contributed by atoms with E-state index >= 15 is 0 Å². The van der Waals surface area contributed by atoms with Gasteiger partial charge in [0.15, 0.2) is 0 Å². The summed E-state index contributed by atoms with van der Waals surface area (Å²) in [7, 11) is 0. The number of benzene rings is 1. The van der Waals surface area contributed by atoms with E-state index in [0.29, 0.717) is 11.7 Å². The third-order valence-electron chi connectivity index (χ3n) is 2.78. The molecule has 0 bridgehead atoms. The molecule has 2 atom stereocenters. The highest BCUT2D eigenvalue weighted by molar-refractivity contribution is 8.00. The second-order valence-electron chi connectivity index (χ2n) is 3.99. The first-order chi connectivity index (χ1) is 7.25. The van der Waals surface area contributed by atoms with Crippen molar-refractivity contribution in [3.05, 3.63) is 29.8 Å². The molecule has 1 fully saturated rings.